The van der Waals surface area contributed by atoms with Gasteiger partial charge in [0.2, 0.25) is 0 Å². The van der Waals surface area contributed by atoms with Crippen molar-refractivity contribution in [3.05, 3.63) is 52.2 Å². The highest BCUT2D eigenvalue weighted by molar-refractivity contribution is 6.33. The Bertz CT molecular complexity index is 975. The molecular formula is C22H23ClF3N3O2. The lowest BCUT2D eigenvalue weighted by Gasteiger charge is -2.36. The maximum atomic E-state index is 12.8. The van der Waals surface area contributed by atoms with Gasteiger partial charge in [-0.15, -0.1) is 0 Å². The molecule has 1 saturated heterocycles. The Labute approximate surface area is 183 Å². The van der Waals surface area contributed by atoms with Crippen LogP contribution in [0.2, 0.25) is 5.02 Å². The molecule has 31 heavy (non-hydrogen) atoms. The van der Waals surface area contributed by atoms with Crippen LogP contribution in [0.5, 0.6) is 5.75 Å². The van der Waals surface area contributed by atoms with Crippen molar-refractivity contribution in [2.45, 2.75) is 38.5 Å². The van der Waals surface area contributed by atoms with E-state index < -0.39 is 17.8 Å². The molecule has 0 N–H and O–H groups in total. The van der Waals surface area contributed by atoms with Gasteiger partial charge in [-0.2, -0.15) is 13.2 Å². The van der Waals surface area contributed by atoms with Crippen molar-refractivity contribution in [1.82, 2.24) is 9.88 Å². The lowest BCUT2D eigenvalue weighted by atomic mass is 10.1. The number of benzene rings is 1. The van der Waals surface area contributed by atoms with Crippen molar-refractivity contribution in [3.63, 3.8) is 0 Å². The van der Waals surface area contributed by atoms with Crippen LogP contribution < -0.4 is 9.64 Å². The lowest BCUT2D eigenvalue weighted by Crippen LogP contribution is -2.52. The van der Waals surface area contributed by atoms with Crippen LogP contribution in [-0.4, -0.2) is 48.1 Å². The number of carbonyl (C=O) groups excluding carboxylic acids is 1. The molecule has 1 aliphatic carbocycles. The number of hydrogen-bond donors (Lipinski definition) is 0. The summed E-state index contributed by atoms with van der Waals surface area (Å²) in [5.74, 6) is 0.872. The monoisotopic (exact) mass is 453 g/mol. The number of pyridine rings is 1. The zero-order chi connectivity index (χ0) is 22.2. The molecule has 1 aromatic heterocycles. The van der Waals surface area contributed by atoms with E-state index in [1.54, 1.807) is 16.7 Å². The summed E-state index contributed by atoms with van der Waals surface area (Å²) in [5.41, 5.74) is 1.75. The number of aryl methyl sites for hydroxylation is 2. The number of nitrogens with zero attached hydrogens (tertiary/aromatic N) is 3. The van der Waals surface area contributed by atoms with E-state index in [1.165, 1.54) is 11.1 Å². The molecule has 1 amide bonds. The standard InChI is InChI=1S/C22H23ClF3N3O2/c1-14(31-18-6-5-15-3-2-4-16(15)11-18)21(30)29-9-7-28(8-10-29)20-19(23)12-17(13-27-20)22(24,25)26/h5-6,11-14H,2-4,7-10H2,1H3. The van der Waals surface area contributed by atoms with E-state index in [1.807, 2.05) is 12.1 Å². The largest absolute Gasteiger partial charge is 0.481 e. The van der Waals surface area contributed by atoms with Gasteiger partial charge >= 0.3 is 6.18 Å². The van der Waals surface area contributed by atoms with E-state index in [4.69, 9.17) is 16.3 Å². The fraction of sp³-hybridized carbons (Fsp3) is 0.455. The van der Waals surface area contributed by atoms with Crippen molar-refractivity contribution >= 4 is 23.3 Å². The third kappa shape index (κ3) is 4.74. The second-order valence-electron chi connectivity index (χ2n) is 7.88. The molecule has 1 unspecified atom stereocenters. The fourth-order valence-electron chi connectivity index (χ4n) is 4.09. The molecule has 1 aromatic carbocycles. The van der Waals surface area contributed by atoms with Gasteiger partial charge in [-0.05, 0) is 55.5 Å². The highest BCUT2D eigenvalue weighted by Gasteiger charge is 2.33. The molecule has 4 rings (SSSR count). The number of fused-ring (bicyclic) bond motifs is 1. The number of anilines is 1. The zero-order valence-electron chi connectivity index (χ0n) is 17.1. The van der Waals surface area contributed by atoms with Gasteiger partial charge in [0.1, 0.15) is 11.6 Å². The van der Waals surface area contributed by atoms with Crippen LogP contribution in [0.1, 0.15) is 30.0 Å². The molecule has 0 saturated carbocycles. The molecule has 0 bridgehead atoms. The van der Waals surface area contributed by atoms with E-state index in [0.717, 1.165) is 31.5 Å². The second-order valence-corrected chi connectivity index (χ2v) is 8.29. The first-order valence-electron chi connectivity index (χ1n) is 10.3. The summed E-state index contributed by atoms with van der Waals surface area (Å²) in [5, 5.41) is -0.0529. The minimum atomic E-state index is -4.49. The van der Waals surface area contributed by atoms with Gasteiger partial charge in [-0.25, -0.2) is 4.98 Å². The summed E-state index contributed by atoms with van der Waals surface area (Å²) >= 11 is 6.04. The first-order chi connectivity index (χ1) is 14.7. The van der Waals surface area contributed by atoms with Gasteiger partial charge in [-0.3, -0.25) is 4.79 Å². The number of piperazine rings is 1. The second kappa shape index (κ2) is 8.57. The molecule has 2 aromatic rings. The Morgan fingerprint density at radius 3 is 2.52 bits per heavy atom. The summed E-state index contributed by atoms with van der Waals surface area (Å²) in [4.78, 5) is 20.2. The van der Waals surface area contributed by atoms with E-state index in [-0.39, 0.29) is 10.9 Å². The molecule has 1 aliphatic heterocycles. The minimum Gasteiger partial charge on any atom is -0.481 e. The normalized spacial score (nSPS) is 17.5. The van der Waals surface area contributed by atoms with Crippen LogP contribution in [0.25, 0.3) is 0 Å². The maximum absolute atomic E-state index is 12.8. The van der Waals surface area contributed by atoms with Crippen molar-refractivity contribution in [2.75, 3.05) is 31.1 Å². The third-order valence-corrected chi connectivity index (χ3v) is 6.05. The van der Waals surface area contributed by atoms with Crippen molar-refractivity contribution in [1.29, 1.82) is 0 Å². The quantitative estimate of drug-likeness (QED) is 0.690. The smallest absolute Gasteiger partial charge is 0.417 e. The van der Waals surface area contributed by atoms with Crippen molar-refractivity contribution in [2.24, 2.45) is 0 Å². The predicted molar refractivity (Wildman–Crippen MR) is 112 cm³/mol. The molecule has 1 atom stereocenters. The summed E-state index contributed by atoms with van der Waals surface area (Å²) in [7, 11) is 0. The topological polar surface area (TPSA) is 45.7 Å². The summed E-state index contributed by atoms with van der Waals surface area (Å²) < 4.78 is 44.3. The van der Waals surface area contributed by atoms with Crippen molar-refractivity contribution < 1.29 is 22.7 Å². The first kappa shape index (κ1) is 21.7. The van der Waals surface area contributed by atoms with E-state index >= 15 is 0 Å². The van der Waals surface area contributed by atoms with Gasteiger partial charge in [-0.1, -0.05) is 17.7 Å². The van der Waals surface area contributed by atoms with E-state index in [9.17, 15) is 18.0 Å². The number of hydrogen-bond acceptors (Lipinski definition) is 4. The Morgan fingerprint density at radius 1 is 1.13 bits per heavy atom. The van der Waals surface area contributed by atoms with E-state index in [2.05, 4.69) is 11.1 Å². The number of carbonyl (C=O) groups is 1. The first-order valence-corrected chi connectivity index (χ1v) is 10.6. The number of halogens is 4. The van der Waals surface area contributed by atoms with Gasteiger partial charge in [0.25, 0.3) is 5.91 Å². The molecule has 5 nitrogen and oxygen atoms in total. The molecule has 2 aliphatic rings. The zero-order valence-corrected chi connectivity index (χ0v) is 17.8. The molecule has 2 heterocycles. The van der Waals surface area contributed by atoms with Gasteiger partial charge in [0, 0.05) is 32.4 Å². The number of alkyl halides is 3. The number of ether oxygens (including phenoxy) is 1. The van der Waals surface area contributed by atoms with Crippen LogP contribution in [0, 0.1) is 0 Å². The Hall–Kier alpha value is -2.48. The molecule has 166 valence electrons. The number of aromatic nitrogens is 1. The fourth-order valence-corrected chi connectivity index (χ4v) is 4.38. The predicted octanol–water partition coefficient (Wildman–Crippen LogP) is 4.36. The molecule has 0 spiro atoms. The number of amides is 1. The third-order valence-electron chi connectivity index (χ3n) is 5.77. The summed E-state index contributed by atoms with van der Waals surface area (Å²) in [6, 6.07) is 6.87. The maximum Gasteiger partial charge on any atom is 0.417 e. The van der Waals surface area contributed by atoms with E-state index in [0.29, 0.717) is 37.7 Å². The minimum absolute atomic E-state index is 0.0529. The lowest BCUT2D eigenvalue weighted by molar-refractivity contribution is -0.138. The average molecular weight is 454 g/mol. The van der Waals surface area contributed by atoms with Crippen LogP contribution in [0.15, 0.2) is 30.5 Å². The van der Waals surface area contributed by atoms with Crippen LogP contribution in [0.3, 0.4) is 0 Å². The highest BCUT2D eigenvalue weighted by Crippen LogP contribution is 2.34. The van der Waals surface area contributed by atoms with Gasteiger partial charge in [0.15, 0.2) is 6.10 Å². The summed E-state index contributed by atoms with van der Waals surface area (Å²) in [6.07, 6.45) is -1.06. The molecular weight excluding hydrogens is 431 g/mol. The van der Waals surface area contributed by atoms with Crippen LogP contribution >= 0.6 is 11.6 Å². The molecule has 9 heteroatoms. The molecule has 0 radical (unpaired) electrons. The Balaban J connectivity index is 1.34. The highest BCUT2D eigenvalue weighted by atomic mass is 35.5. The SMILES string of the molecule is CC(Oc1ccc2c(c1)CCC2)C(=O)N1CCN(c2ncc(C(F)(F)F)cc2Cl)CC1. The van der Waals surface area contributed by atoms with Crippen LogP contribution in [0.4, 0.5) is 19.0 Å². The number of rotatable bonds is 4. The van der Waals surface area contributed by atoms with Gasteiger partial charge in [0.05, 0.1) is 10.6 Å². The van der Waals surface area contributed by atoms with Crippen LogP contribution in [-0.2, 0) is 23.8 Å². The molecule has 1 fully saturated rings. The van der Waals surface area contributed by atoms with Crippen molar-refractivity contribution in [3.8, 4) is 5.75 Å². The Morgan fingerprint density at radius 2 is 1.84 bits per heavy atom. The average Bonchev–Trinajstić information content (AvgIpc) is 3.20. The Kier molecular flexibility index (Phi) is 6.01. The van der Waals surface area contributed by atoms with Gasteiger partial charge < -0.3 is 14.5 Å². The summed E-state index contributed by atoms with van der Waals surface area (Å²) in [6.45, 7) is 3.41.